The molecule has 0 radical (unpaired) electrons. The molecule has 1 saturated carbocycles. The second-order valence-electron chi connectivity index (χ2n) is 9.19. The third-order valence-corrected chi connectivity index (χ3v) is 8.10. The summed E-state index contributed by atoms with van der Waals surface area (Å²) in [6.07, 6.45) is 3.71. The van der Waals surface area contributed by atoms with Crippen LogP contribution >= 0.6 is 11.6 Å². The SMILES string of the molecule is CS(=O)(=O)c1ccc(-c2ccc(-c3cc4nc(OC5CCC(C(=O)O)CC5)[nH]c4cc3Cl)cc2)cc1. The van der Waals surface area contributed by atoms with Crippen molar-refractivity contribution < 1.29 is 23.1 Å². The van der Waals surface area contributed by atoms with Gasteiger partial charge < -0.3 is 14.8 Å². The van der Waals surface area contributed by atoms with Gasteiger partial charge in [0, 0.05) is 11.8 Å². The minimum absolute atomic E-state index is 0.0600. The van der Waals surface area contributed by atoms with Gasteiger partial charge in [-0.15, -0.1) is 0 Å². The number of sulfone groups is 1. The Bertz CT molecular complexity index is 1520. The second-order valence-corrected chi connectivity index (χ2v) is 11.6. The standard InChI is InChI=1S/C27H25ClN2O5S/c1-36(33,34)21-12-8-17(9-13-21)16-2-4-18(5-3-16)22-14-24-25(15-23(22)28)30-27(29-24)35-20-10-6-19(7-11-20)26(31)32/h2-5,8-9,12-15,19-20H,6-7,10-11H2,1H3,(H,29,30)(H,31,32). The average molecular weight is 525 g/mol. The van der Waals surface area contributed by atoms with Crippen molar-refractivity contribution in [1.82, 2.24) is 9.97 Å². The average Bonchev–Trinajstić information content (AvgIpc) is 3.24. The van der Waals surface area contributed by atoms with Crippen molar-refractivity contribution in [1.29, 1.82) is 0 Å². The fourth-order valence-electron chi connectivity index (χ4n) is 4.61. The van der Waals surface area contributed by atoms with Crippen LogP contribution in [0.2, 0.25) is 5.02 Å². The van der Waals surface area contributed by atoms with Gasteiger partial charge in [0.05, 0.1) is 26.9 Å². The number of nitrogens with one attached hydrogen (secondary N) is 1. The number of carboxylic acids is 1. The van der Waals surface area contributed by atoms with Crippen LogP contribution in [0.5, 0.6) is 6.01 Å². The zero-order chi connectivity index (χ0) is 25.4. The van der Waals surface area contributed by atoms with Crippen molar-refractivity contribution in [2.45, 2.75) is 36.7 Å². The summed E-state index contributed by atoms with van der Waals surface area (Å²) in [7, 11) is -3.23. The van der Waals surface area contributed by atoms with E-state index in [1.165, 1.54) is 6.26 Å². The lowest BCUT2D eigenvalue weighted by Crippen LogP contribution is -2.28. The van der Waals surface area contributed by atoms with E-state index in [0.29, 0.717) is 41.6 Å². The van der Waals surface area contributed by atoms with Crippen LogP contribution in [0.15, 0.2) is 65.6 Å². The third kappa shape index (κ3) is 5.10. The van der Waals surface area contributed by atoms with Gasteiger partial charge in [-0.1, -0.05) is 48.0 Å². The lowest BCUT2D eigenvalue weighted by molar-refractivity contribution is -0.143. The molecule has 1 fully saturated rings. The first-order valence-corrected chi connectivity index (χ1v) is 13.9. The molecule has 0 unspecified atom stereocenters. The van der Waals surface area contributed by atoms with Crippen LogP contribution in [0.25, 0.3) is 33.3 Å². The third-order valence-electron chi connectivity index (χ3n) is 6.66. The zero-order valence-corrected chi connectivity index (χ0v) is 21.1. The molecular weight excluding hydrogens is 500 g/mol. The number of halogens is 1. The highest BCUT2D eigenvalue weighted by molar-refractivity contribution is 7.90. The molecule has 1 heterocycles. The Hall–Kier alpha value is -3.36. The van der Waals surface area contributed by atoms with E-state index in [0.717, 1.165) is 33.3 Å². The van der Waals surface area contributed by atoms with Crippen molar-refractivity contribution in [3.05, 3.63) is 65.7 Å². The Labute approximate surface area is 214 Å². The topological polar surface area (TPSA) is 109 Å². The molecule has 0 bridgehead atoms. The van der Waals surface area contributed by atoms with Crippen LogP contribution in [-0.2, 0) is 14.6 Å². The predicted molar refractivity (Wildman–Crippen MR) is 139 cm³/mol. The molecule has 1 aliphatic carbocycles. The molecule has 7 nitrogen and oxygen atoms in total. The Balaban J connectivity index is 1.34. The highest BCUT2D eigenvalue weighted by Crippen LogP contribution is 2.34. The summed E-state index contributed by atoms with van der Waals surface area (Å²) in [5.74, 6) is -1.03. The Morgan fingerprint density at radius 3 is 2.14 bits per heavy atom. The van der Waals surface area contributed by atoms with Gasteiger partial charge in [-0.25, -0.2) is 8.42 Å². The lowest BCUT2D eigenvalue weighted by atomic mass is 9.87. The van der Waals surface area contributed by atoms with Crippen LogP contribution in [0.1, 0.15) is 25.7 Å². The number of fused-ring (bicyclic) bond motifs is 1. The van der Waals surface area contributed by atoms with Gasteiger partial charge in [-0.2, -0.15) is 4.98 Å². The molecule has 0 saturated heterocycles. The molecule has 0 atom stereocenters. The summed E-state index contributed by atoms with van der Waals surface area (Å²) in [4.78, 5) is 19.2. The van der Waals surface area contributed by atoms with Crippen molar-refractivity contribution >= 4 is 38.4 Å². The van der Waals surface area contributed by atoms with Crippen LogP contribution in [0.4, 0.5) is 0 Å². The molecule has 0 spiro atoms. The van der Waals surface area contributed by atoms with Gasteiger partial charge in [-0.3, -0.25) is 4.79 Å². The number of hydrogen-bond donors (Lipinski definition) is 2. The van der Waals surface area contributed by atoms with Crippen LogP contribution in [0.3, 0.4) is 0 Å². The molecule has 2 N–H and O–H groups in total. The summed E-state index contributed by atoms with van der Waals surface area (Å²) in [6.45, 7) is 0. The molecular formula is C27H25ClN2O5S. The summed E-state index contributed by atoms with van der Waals surface area (Å²) >= 11 is 6.60. The number of aliphatic carboxylic acids is 1. The van der Waals surface area contributed by atoms with Gasteiger partial charge in [-0.05, 0) is 66.6 Å². The molecule has 186 valence electrons. The van der Waals surface area contributed by atoms with E-state index in [1.54, 1.807) is 24.3 Å². The van der Waals surface area contributed by atoms with Gasteiger partial charge in [0.2, 0.25) is 0 Å². The number of aromatic amines is 1. The molecule has 9 heteroatoms. The number of carboxylic acid groups (broad SMARTS) is 1. The number of H-pyrrole nitrogens is 1. The molecule has 5 rings (SSSR count). The Kier molecular flexibility index (Phi) is 6.49. The van der Waals surface area contributed by atoms with E-state index in [2.05, 4.69) is 9.97 Å². The summed E-state index contributed by atoms with van der Waals surface area (Å²) < 4.78 is 29.4. The maximum atomic E-state index is 11.7. The normalized spacial score (nSPS) is 18.3. The highest BCUT2D eigenvalue weighted by Gasteiger charge is 2.27. The summed E-state index contributed by atoms with van der Waals surface area (Å²) in [5.41, 5.74) is 5.13. The van der Waals surface area contributed by atoms with Gasteiger partial charge >= 0.3 is 5.97 Å². The fourth-order valence-corrected chi connectivity index (χ4v) is 5.51. The molecule has 1 aliphatic rings. The van der Waals surface area contributed by atoms with Crippen molar-refractivity contribution in [2.24, 2.45) is 5.92 Å². The van der Waals surface area contributed by atoms with Crippen molar-refractivity contribution in [2.75, 3.05) is 6.26 Å². The molecule has 36 heavy (non-hydrogen) atoms. The number of benzene rings is 3. The number of hydrogen-bond acceptors (Lipinski definition) is 5. The van der Waals surface area contributed by atoms with E-state index < -0.39 is 15.8 Å². The first-order chi connectivity index (χ1) is 17.2. The zero-order valence-electron chi connectivity index (χ0n) is 19.6. The number of rotatable bonds is 6. The molecule has 0 amide bonds. The summed E-state index contributed by atoms with van der Waals surface area (Å²) in [5, 5.41) is 9.75. The fraction of sp³-hybridized carbons (Fsp3) is 0.259. The Morgan fingerprint density at radius 2 is 1.56 bits per heavy atom. The van der Waals surface area contributed by atoms with Gasteiger partial charge in [0.25, 0.3) is 6.01 Å². The largest absolute Gasteiger partial charge is 0.481 e. The highest BCUT2D eigenvalue weighted by atomic mass is 35.5. The van der Waals surface area contributed by atoms with Crippen molar-refractivity contribution in [3.63, 3.8) is 0 Å². The number of carbonyl (C=O) groups is 1. The van der Waals surface area contributed by atoms with Gasteiger partial charge in [0.15, 0.2) is 9.84 Å². The number of imidazole rings is 1. The first-order valence-electron chi connectivity index (χ1n) is 11.7. The molecule has 1 aromatic heterocycles. The van der Waals surface area contributed by atoms with E-state index in [-0.39, 0.29) is 12.0 Å². The lowest BCUT2D eigenvalue weighted by Gasteiger charge is -2.25. The predicted octanol–water partition coefficient (Wildman–Crippen LogP) is 5.98. The maximum absolute atomic E-state index is 11.7. The first kappa shape index (κ1) is 24.3. The van der Waals surface area contributed by atoms with Gasteiger partial charge in [0.1, 0.15) is 6.10 Å². The minimum atomic E-state index is -3.23. The quantitative estimate of drug-likeness (QED) is 0.321. The van der Waals surface area contributed by atoms with Crippen LogP contribution in [0, 0.1) is 5.92 Å². The van der Waals surface area contributed by atoms with Crippen LogP contribution in [-0.4, -0.2) is 41.8 Å². The molecule has 3 aromatic carbocycles. The van der Waals surface area contributed by atoms with E-state index in [4.69, 9.17) is 16.3 Å². The van der Waals surface area contributed by atoms with E-state index in [1.807, 2.05) is 36.4 Å². The van der Waals surface area contributed by atoms with E-state index >= 15 is 0 Å². The molecule has 4 aromatic rings. The maximum Gasteiger partial charge on any atom is 0.306 e. The number of ether oxygens (including phenoxy) is 1. The number of aromatic nitrogens is 2. The number of nitrogens with zero attached hydrogens (tertiary/aromatic N) is 1. The van der Waals surface area contributed by atoms with E-state index in [9.17, 15) is 18.3 Å². The minimum Gasteiger partial charge on any atom is -0.481 e. The monoisotopic (exact) mass is 524 g/mol. The smallest absolute Gasteiger partial charge is 0.306 e. The molecule has 0 aliphatic heterocycles. The summed E-state index contributed by atoms with van der Waals surface area (Å²) in [6, 6.07) is 18.8. The Morgan fingerprint density at radius 1 is 0.972 bits per heavy atom. The second kappa shape index (κ2) is 9.59. The van der Waals surface area contributed by atoms with Crippen molar-refractivity contribution in [3.8, 4) is 28.3 Å². The van der Waals surface area contributed by atoms with Crippen LogP contribution < -0.4 is 4.74 Å².